The summed E-state index contributed by atoms with van der Waals surface area (Å²) in [6, 6.07) is 12.1. The molecule has 2 aliphatic rings. The van der Waals surface area contributed by atoms with Gasteiger partial charge in [0.15, 0.2) is 0 Å². The normalized spacial score (nSPS) is 18.5. The Hall–Kier alpha value is -4.65. The van der Waals surface area contributed by atoms with Gasteiger partial charge in [0.25, 0.3) is 0 Å². The van der Waals surface area contributed by atoms with Crippen molar-refractivity contribution in [2.45, 2.75) is 38.0 Å². The number of hydrogen-bond acceptors (Lipinski definition) is 7. The molecule has 2 aromatic rings. The van der Waals surface area contributed by atoms with Crippen LogP contribution in [0.1, 0.15) is 24.0 Å². The van der Waals surface area contributed by atoms with Crippen LogP contribution in [0.3, 0.4) is 0 Å². The van der Waals surface area contributed by atoms with Crippen molar-refractivity contribution in [3.63, 3.8) is 0 Å². The molecule has 2 saturated heterocycles. The summed E-state index contributed by atoms with van der Waals surface area (Å²) in [5.74, 6) is -0.131. The molecular weight excluding hydrogens is 571 g/mol. The van der Waals surface area contributed by atoms with Crippen LogP contribution in [0, 0.1) is 5.82 Å². The Kier molecular flexibility index (Phi) is 11.1. The quantitative estimate of drug-likeness (QED) is 0.280. The highest BCUT2D eigenvalue weighted by atomic mass is 19.1. The summed E-state index contributed by atoms with van der Waals surface area (Å²) in [6.07, 6.45) is 1.34. The number of hydrogen-bond donors (Lipinski definition) is 2. The molecule has 13 heteroatoms. The number of nitrogens with one attached hydrogen (secondary N) is 2. The second kappa shape index (κ2) is 15.2. The van der Waals surface area contributed by atoms with Gasteiger partial charge in [-0.15, -0.1) is 0 Å². The Morgan fingerprint density at radius 2 is 1.77 bits per heavy atom. The number of fused-ring (bicyclic) bond motifs is 1. The van der Waals surface area contributed by atoms with E-state index < -0.39 is 24.3 Å². The molecule has 2 heterocycles. The van der Waals surface area contributed by atoms with Crippen molar-refractivity contribution in [1.82, 2.24) is 30.5 Å². The molecule has 0 unspecified atom stereocenters. The fourth-order valence-corrected chi connectivity index (χ4v) is 5.37. The summed E-state index contributed by atoms with van der Waals surface area (Å²) in [7, 11) is 3.25. The number of nitrogens with zero attached hydrogens (tertiary/aromatic N) is 4. The minimum absolute atomic E-state index is 0.0760. The first-order valence-corrected chi connectivity index (χ1v) is 14.5. The summed E-state index contributed by atoms with van der Waals surface area (Å²) in [6.45, 7) is 4.38. The van der Waals surface area contributed by atoms with Gasteiger partial charge >= 0.3 is 12.1 Å². The lowest BCUT2D eigenvalue weighted by Gasteiger charge is -2.54. The first kappa shape index (κ1) is 32.3. The zero-order valence-electron chi connectivity index (χ0n) is 25.0. The molecule has 0 spiro atoms. The number of methoxy groups -OCH3 is 1. The van der Waals surface area contributed by atoms with Gasteiger partial charge in [-0.25, -0.2) is 24.0 Å². The van der Waals surface area contributed by atoms with Gasteiger partial charge in [0.05, 0.1) is 20.2 Å². The lowest BCUT2D eigenvalue weighted by molar-refractivity contribution is -0.187. The smallest absolute Gasteiger partial charge is 0.407 e. The van der Waals surface area contributed by atoms with Crippen LogP contribution in [0.15, 0.2) is 61.2 Å². The van der Waals surface area contributed by atoms with Gasteiger partial charge < -0.3 is 29.9 Å². The van der Waals surface area contributed by atoms with Crippen LogP contribution in [-0.2, 0) is 27.3 Å². The van der Waals surface area contributed by atoms with Crippen molar-refractivity contribution < 1.29 is 33.0 Å². The SMILES string of the molecule is C=CCOC(=O)NCCC[C@H]1C(=O)N(CCc2ccc(OC)cc2)C[C@H]2N1C(=O)CN(C)N2C(=O)NCc1ccc(F)cc1. The Labute approximate surface area is 256 Å². The number of piperazine rings is 1. The first-order chi connectivity index (χ1) is 21.2. The van der Waals surface area contributed by atoms with Crippen molar-refractivity contribution in [2.75, 3.05) is 46.9 Å². The van der Waals surface area contributed by atoms with Crippen molar-refractivity contribution in [3.8, 4) is 5.75 Å². The van der Waals surface area contributed by atoms with E-state index in [0.717, 1.165) is 11.3 Å². The van der Waals surface area contributed by atoms with Crippen molar-refractivity contribution >= 4 is 23.9 Å². The highest BCUT2D eigenvalue weighted by Gasteiger charge is 2.50. The first-order valence-electron chi connectivity index (χ1n) is 14.5. The summed E-state index contributed by atoms with van der Waals surface area (Å²) < 4.78 is 23.5. The molecule has 12 nitrogen and oxygen atoms in total. The molecule has 4 rings (SSSR count). The van der Waals surface area contributed by atoms with E-state index in [4.69, 9.17) is 9.47 Å². The van der Waals surface area contributed by atoms with Gasteiger partial charge in [-0.3, -0.25) is 9.59 Å². The van der Waals surface area contributed by atoms with E-state index in [0.29, 0.717) is 24.9 Å². The van der Waals surface area contributed by atoms with Gasteiger partial charge in [-0.1, -0.05) is 36.9 Å². The number of carbonyl (C=O) groups is 4. The number of alkyl carbamates (subject to hydrolysis) is 1. The number of carbonyl (C=O) groups excluding carboxylic acids is 4. The van der Waals surface area contributed by atoms with Gasteiger partial charge in [-0.2, -0.15) is 0 Å². The highest BCUT2D eigenvalue weighted by molar-refractivity contribution is 5.91. The third-order valence-electron chi connectivity index (χ3n) is 7.59. The maximum atomic E-state index is 13.8. The van der Waals surface area contributed by atoms with Gasteiger partial charge in [0, 0.05) is 26.7 Å². The van der Waals surface area contributed by atoms with Crippen molar-refractivity contribution in [1.29, 1.82) is 0 Å². The number of rotatable bonds is 12. The van der Waals surface area contributed by atoms with Crippen molar-refractivity contribution in [3.05, 3.63) is 78.1 Å². The lowest BCUT2D eigenvalue weighted by Crippen LogP contribution is -2.76. The average Bonchev–Trinajstić information content (AvgIpc) is 3.02. The molecule has 0 aliphatic carbocycles. The average molecular weight is 611 g/mol. The Bertz CT molecular complexity index is 1320. The molecule has 2 aromatic carbocycles. The third-order valence-corrected chi connectivity index (χ3v) is 7.59. The Morgan fingerprint density at radius 1 is 1.07 bits per heavy atom. The standard InChI is InChI=1S/C31H39FN6O6/c1-4-18-44-31(42)33-16-5-6-26-29(40)36(17-15-22-9-13-25(43-3)14-10-22)20-27-37(26)28(39)21-35(2)38(27)30(41)34-19-23-7-11-24(32)12-8-23/h4,7-14,26-27H,1,5-6,15-21H2,2-3H3,(H,33,42)(H,34,41)/t26-,27-/m0/s1. The molecule has 2 N–H and O–H groups in total. The topological polar surface area (TPSA) is 124 Å². The fraction of sp³-hybridized carbons (Fsp3) is 0.419. The molecule has 2 aliphatic heterocycles. The Morgan fingerprint density at radius 3 is 2.45 bits per heavy atom. The fourth-order valence-electron chi connectivity index (χ4n) is 5.37. The van der Waals surface area contributed by atoms with Crippen LogP contribution in [0.2, 0.25) is 0 Å². The van der Waals surface area contributed by atoms with E-state index >= 15 is 0 Å². The van der Waals surface area contributed by atoms with Crippen LogP contribution < -0.4 is 15.4 Å². The van der Waals surface area contributed by atoms with Crippen molar-refractivity contribution in [2.24, 2.45) is 0 Å². The number of halogens is 1. The number of urea groups is 1. The zero-order chi connectivity index (χ0) is 31.6. The van der Waals surface area contributed by atoms with Crippen LogP contribution in [0.4, 0.5) is 14.0 Å². The summed E-state index contributed by atoms with van der Waals surface area (Å²) in [5, 5.41) is 8.52. The molecule has 0 saturated carbocycles. The molecule has 2 fully saturated rings. The predicted molar refractivity (Wildman–Crippen MR) is 160 cm³/mol. The lowest BCUT2D eigenvalue weighted by atomic mass is 10.0. The largest absolute Gasteiger partial charge is 0.497 e. The number of amides is 5. The van der Waals surface area contributed by atoms with Gasteiger partial charge in [-0.05, 0) is 54.7 Å². The monoisotopic (exact) mass is 610 g/mol. The van der Waals surface area contributed by atoms with E-state index in [9.17, 15) is 23.6 Å². The van der Waals surface area contributed by atoms with Crippen LogP contribution in [0.5, 0.6) is 5.75 Å². The second-order valence-electron chi connectivity index (χ2n) is 10.6. The number of benzene rings is 2. The maximum Gasteiger partial charge on any atom is 0.407 e. The predicted octanol–water partition coefficient (Wildman–Crippen LogP) is 2.51. The van der Waals surface area contributed by atoms with Crippen LogP contribution in [0.25, 0.3) is 0 Å². The molecule has 44 heavy (non-hydrogen) atoms. The van der Waals surface area contributed by atoms with E-state index in [1.807, 2.05) is 24.3 Å². The van der Waals surface area contributed by atoms with E-state index in [2.05, 4.69) is 17.2 Å². The number of hydrazine groups is 1. The molecule has 0 bridgehead atoms. The molecule has 0 radical (unpaired) electrons. The molecule has 5 amide bonds. The van der Waals surface area contributed by atoms with Crippen LogP contribution in [-0.4, -0.2) is 103 Å². The van der Waals surface area contributed by atoms with Gasteiger partial charge in [0.2, 0.25) is 11.8 Å². The maximum absolute atomic E-state index is 13.8. The minimum Gasteiger partial charge on any atom is -0.497 e. The number of likely N-dealkylation sites (N-methyl/N-ethyl adjacent to an activating group) is 1. The second-order valence-corrected chi connectivity index (χ2v) is 10.6. The van der Waals surface area contributed by atoms with E-state index in [1.165, 1.54) is 28.1 Å². The van der Waals surface area contributed by atoms with Crippen LogP contribution >= 0.6 is 0 Å². The molecular formula is C31H39FN6O6. The Balaban J connectivity index is 1.51. The van der Waals surface area contributed by atoms with E-state index in [-0.39, 0.29) is 56.8 Å². The van der Waals surface area contributed by atoms with Gasteiger partial charge in [0.1, 0.15) is 30.4 Å². The highest BCUT2D eigenvalue weighted by Crippen LogP contribution is 2.28. The zero-order valence-corrected chi connectivity index (χ0v) is 25.0. The third kappa shape index (κ3) is 8.04. The number of ether oxygens (including phenoxy) is 2. The summed E-state index contributed by atoms with van der Waals surface area (Å²) in [4.78, 5) is 55.8. The summed E-state index contributed by atoms with van der Waals surface area (Å²) >= 11 is 0. The molecule has 2 atom stereocenters. The summed E-state index contributed by atoms with van der Waals surface area (Å²) in [5.41, 5.74) is 1.72. The van der Waals surface area contributed by atoms with E-state index in [1.54, 1.807) is 36.2 Å². The minimum atomic E-state index is -0.829. The molecule has 0 aromatic heterocycles. The molecule has 236 valence electrons.